The third-order valence-corrected chi connectivity index (χ3v) is 2.53. The van der Waals surface area contributed by atoms with Gasteiger partial charge >= 0.3 is 5.97 Å². The first-order valence-electron chi connectivity index (χ1n) is 5.80. The first kappa shape index (κ1) is 14.1. The zero-order valence-corrected chi connectivity index (χ0v) is 10.6. The van der Waals surface area contributed by atoms with Crippen LogP contribution in [0.1, 0.15) is 15.9 Å². The summed E-state index contributed by atoms with van der Waals surface area (Å²) in [5, 5.41) is 23.3. The summed E-state index contributed by atoms with van der Waals surface area (Å²) in [6.45, 7) is 0. The van der Waals surface area contributed by atoms with Crippen molar-refractivity contribution in [2.75, 3.05) is 5.43 Å². The number of carboxylic acid groups (broad SMARTS) is 1. The largest absolute Gasteiger partial charge is 0.478 e. The zero-order chi connectivity index (χ0) is 15.2. The highest BCUT2D eigenvalue weighted by Crippen LogP contribution is 2.12. The molecule has 8 nitrogen and oxygen atoms in total. The molecule has 0 aliphatic carbocycles. The van der Waals surface area contributed by atoms with Crippen LogP contribution in [0.15, 0.2) is 47.7 Å². The lowest BCUT2D eigenvalue weighted by Gasteiger charge is -2.02. The smallest absolute Gasteiger partial charge is 0.339 e. The Kier molecular flexibility index (Phi) is 4.20. The predicted octanol–water partition coefficient (Wildman–Crippen LogP) is 2.13. The maximum atomic E-state index is 11.0. The molecule has 8 heteroatoms. The maximum Gasteiger partial charge on any atom is 0.339 e. The molecule has 0 saturated heterocycles. The maximum absolute atomic E-state index is 11.0. The van der Waals surface area contributed by atoms with E-state index in [9.17, 15) is 14.9 Å². The summed E-state index contributed by atoms with van der Waals surface area (Å²) >= 11 is 0. The first-order chi connectivity index (χ1) is 10.1. The van der Waals surface area contributed by atoms with Gasteiger partial charge in [0.05, 0.1) is 11.1 Å². The van der Waals surface area contributed by atoms with Gasteiger partial charge < -0.3 is 5.11 Å². The van der Waals surface area contributed by atoms with Gasteiger partial charge in [-0.25, -0.2) is 9.78 Å². The minimum atomic E-state index is -1.11. The number of carbonyl (C=O) groups is 1. The average molecular weight is 286 g/mol. The van der Waals surface area contributed by atoms with E-state index < -0.39 is 10.9 Å². The lowest BCUT2D eigenvalue weighted by molar-refractivity contribution is -0.384. The van der Waals surface area contributed by atoms with Crippen LogP contribution in [0.25, 0.3) is 0 Å². The Hall–Kier alpha value is -3.29. The molecule has 2 N–H and O–H groups in total. The Balaban J connectivity index is 2.09. The van der Waals surface area contributed by atoms with Crippen LogP contribution in [0.4, 0.5) is 11.5 Å². The standard InChI is InChI=1S/C13H10N4O4/c18-13(19)11-2-1-7-14-12(11)16-15-8-9-3-5-10(6-4-9)17(20)21/h1-8H,(H,14,16)(H,18,19)/b15-8+. The molecule has 1 aromatic carbocycles. The van der Waals surface area contributed by atoms with E-state index in [2.05, 4.69) is 15.5 Å². The quantitative estimate of drug-likeness (QED) is 0.494. The molecule has 0 aliphatic rings. The summed E-state index contributed by atoms with van der Waals surface area (Å²) in [6.07, 6.45) is 2.85. The van der Waals surface area contributed by atoms with Crippen LogP contribution < -0.4 is 5.43 Å². The van der Waals surface area contributed by atoms with Crippen LogP contribution in [0.3, 0.4) is 0 Å². The molecular formula is C13H10N4O4. The van der Waals surface area contributed by atoms with Crippen molar-refractivity contribution in [3.8, 4) is 0 Å². The number of nitro groups is 1. The van der Waals surface area contributed by atoms with E-state index in [0.717, 1.165) is 0 Å². The fourth-order valence-corrected chi connectivity index (χ4v) is 1.52. The summed E-state index contributed by atoms with van der Waals surface area (Å²) < 4.78 is 0. The topological polar surface area (TPSA) is 118 Å². The molecule has 0 saturated carbocycles. The summed E-state index contributed by atoms with van der Waals surface area (Å²) in [4.78, 5) is 24.8. The van der Waals surface area contributed by atoms with E-state index >= 15 is 0 Å². The Morgan fingerprint density at radius 3 is 2.67 bits per heavy atom. The van der Waals surface area contributed by atoms with E-state index in [0.29, 0.717) is 5.56 Å². The van der Waals surface area contributed by atoms with Gasteiger partial charge in [-0.3, -0.25) is 15.5 Å². The second-order valence-corrected chi connectivity index (χ2v) is 3.92. The lowest BCUT2D eigenvalue weighted by Crippen LogP contribution is -2.04. The van der Waals surface area contributed by atoms with Gasteiger partial charge in [0, 0.05) is 18.3 Å². The predicted molar refractivity (Wildman–Crippen MR) is 75.5 cm³/mol. The molecule has 106 valence electrons. The molecular weight excluding hydrogens is 276 g/mol. The van der Waals surface area contributed by atoms with Gasteiger partial charge in [-0.2, -0.15) is 5.10 Å². The third-order valence-electron chi connectivity index (χ3n) is 2.53. The molecule has 0 amide bonds. The summed E-state index contributed by atoms with van der Waals surface area (Å²) in [6, 6.07) is 8.67. The van der Waals surface area contributed by atoms with Crippen molar-refractivity contribution in [1.82, 2.24) is 4.98 Å². The number of pyridine rings is 1. The molecule has 0 aliphatic heterocycles. The van der Waals surface area contributed by atoms with Crippen LogP contribution in [0, 0.1) is 10.1 Å². The monoisotopic (exact) mass is 286 g/mol. The molecule has 0 fully saturated rings. The van der Waals surface area contributed by atoms with Gasteiger partial charge in [0.25, 0.3) is 5.69 Å². The molecule has 2 aromatic rings. The number of nitro benzene ring substituents is 1. The zero-order valence-electron chi connectivity index (χ0n) is 10.6. The Morgan fingerprint density at radius 2 is 2.05 bits per heavy atom. The fraction of sp³-hybridized carbons (Fsp3) is 0. The van der Waals surface area contributed by atoms with Crippen LogP contribution in [-0.2, 0) is 0 Å². The second-order valence-electron chi connectivity index (χ2n) is 3.92. The van der Waals surface area contributed by atoms with Crippen LogP contribution >= 0.6 is 0 Å². The van der Waals surface area contributed by atoms with E-state index in [4.69, 9.17) is 5.11 Å². The number of nitrogens with one attached hydrogen (secondary N) is 1. The van der Waals surface area contributed by atoms with Gasteiger partial charge in [0.15, 0.2) is 5.82 Å². The molecule has 21 heavy (non-hydrogen) atoms. The second kappa shape index (κ2) is 6.24. The normalized spacial score (nSPS) is 10.5. The molecule has 2 rings (SSSR count). The number of anilines is 1. The number of hydrogen-bond acceptors (Lipinski definition) is 6. The van der Waals surface area contributed by atoms with Gasteiger partial charge in [-0.1, -0.05) is 0 Å². The number of benzene rings is 1. The summed E-state index contributed by atoms with van der Waals surface area (Å²) in [5.41, 5.74) is 3.13. The van der Waals surface area contributed by atoms with Gasteiger partial charge in [0.2, 0.25) is 0 Å². The van der Waals surface area contributed by atoms with Gasteiger partial charge in [0.1, 0.15) is 5.56 Å². The Morgan fingerprint density at radius 1 is 1.33 bits per heavy atom. The third kappa shape index (κ3) is 3.60. The van der Waals surface area contributed by atoms with Crippen molar-refractivity contribution in [2.45, 2.75) is 0 Å². The van der Waals surface area contributed by atoms with Crippen molar-refractivity contribution in [3.05, 3.63) is 63.8 Å². The number of carboxylic acids is 1. The highest BCUT2D eigenvalue weighted by Gasteiger charge is 2.09. The van der Waals surface area contributed by atoms with Crippen molar-refractivity contribution < 1.29 is 14.8 Å². The Labute approximate surface area is 118 Å². The number of aromatic carboxylic acids is 1. The number of non-ortho nitro benzene ring substituents is 1. The molecule has 1 heterocycles. The first-order valence-corrected chi connectivity index (χ1v) is 5.80. The highest BCUT2D eigenvalue weighted by atomic mass is 16.6. The van der Waals surface area contributed by atoms with Crippen LogP contribution in [0.5, 0.6) is 0 Å². The summed E-state index contributed by atoms with van der Waals surface area (Å²) in [5.74, 6) is -1.00. The lowest BCUT2D eigenvalue weighted by atomic mass is 10.2. The number of nitrogens with zero attached hydrogens (tertiary/aromatic N) is 3. The highest BCUT2D eigenvalue weighted by molar-refractivity contribution is 5.93. The van der Waals surface area contributed by atoms with E-state index in [1.54, 1.807) is 0 Å². The minimum absolute atomic E-state index is 0.00153. The number of aromatic nitrogens is 1. The van der Waals surface area contributed by atoms with Crippen molar-refractivity contribution >= 4 is 23.7 Å². The van der Waals surface area contributed by atoms with E-state index in [1.165, 1.54) is 48.8 Å². The average Bonchev–Trinajstić information content (AvgIpc) is 2.48. The van der Waals surface area contributed by atoms with Gasteiger partial charge in [-0.05, 0) is 29.8 Å². The van der Waals surface area contributed by atoms with E-state index in [-0.39, 0.29) is 17.1 Å². The molecule has 0 bridgehead atoms. The van der Waals surface area contributed by atoms with Crippen molar-refractivity contribution in [1.29, 1.82) is 0 Å². The molecule has 0 radical (unpaired) electrons. The molecule has 1 aromatic heterocycles. The van der Waals surface area contributed by atoms with Crippen molar-refractivity contribution in [3.63, 3.8) is 0 Å². The number of hydrazone groups is 1. The minimum Gasteiger partial charge on any atom is -0.478 e. The molecule has 0 spiro atoms. The van der Waals surface area contributed by atoms with E-state index in [1.807, 2.05) is 0 Å². The van der Waals surface area contributed by atoms with Crippen molar-refractivity contribution in [2.24, 2.45) is 5.10 Å². The number of hydrogen-bond donors (Lipinski definition) is 2. The van der Waals surface area contributed by atoms with Crippen LogP contribution in [0.2, 0.25) is 0 Å². The number of rotatable bonds is 5. The fourth-order valence-electron chi connectivity index (χ4n) is 1.52. The van der Waals surface area contributed by atoms with Crippen LogP contribution in [-0.4, -0.2) is 27.2 Å². The SMILES string of the molecule is O=C(O)c1cccnc1N/N=C/c1ccc([N+](=O)[O-])cc1. The van der Waals surface area contributed by atoms with Gasteiger partial charge in [-0.15, -0.1) is 0 Å². The Bertz CT molecular complexity index is 698. The molecule has 0 atom stereocenters. The molecule has 0 unspecified atom stereocenters. The summed E-state index contributed by atoms with van der Waals surface area (Å²) in [7, 11) is 0.